The minimum absolute atomic E-state index is 0.0183. The lowest BCUT2D eigenvalue weighted by molar-refractivity contribution is 0.178. The predicted octanol–water partition coefficient (Wildman–Crippen LogP) is 1.82. The van der Waals surface area contributed by atoms with Crippen LogP contribution >= 0.6 is 0 Å². The van der Waals surface area contributed by atoms with Crippen LogP contribution in [0.1, 0.15) is 17.1 Å². The fourth-order valence-corrected chi connectivity index (χ4v) is 2.93. The average Bonchev–Trinajstić information content (AvgIpc) is 3.23. The van der Waals surface area contributed by atoms with Crippen LogP contribution in [0.3, 0.4) is 0 Å². The van der Waals surface area contributed by atoms with Crippen molar-refractivity contribution >= 4 is 6.03 Å². The topological polar surface area (TPSA) is 80.5 Å². The van der Waals surface area contributed by atoms with Crippen LogP contribution in [0.2, 0.25) is 0 Å². The first-order chi connectivity index (χ1) is 12.1. The Morgan fingerprint density at radius 3 is 3.00 bits per heavy atom. The molecular weight excluding hydrogens is 320 g/mol. The number of amides is 2. The van der Waals surface area contributed by atoms with E-state index in [2.05, 4.69) is 15.5 Å². The summed E-state index contributed by atoms with van der Waals surface area (Å²) in [6.07, 6.45) is 3.21. The van der Waals surface area contributed by atoms with Crippen molar-refractivity contribution < 1.29 is 14.1 Å². The molecule has 3 rings (SSSR count). The highest BCUT2D eigenvalue weighted by Gasteiger charge is 2.31. The van der Waals surface area contributed by atoms with Crippen LogP contribution in [0.15, 0.2) is 35.0 Å². The van der Waals surface area contributed by atoms with Gasteiger partial charge in [-0.15, -0.1) is 0 Å². The van der Waals surface area contributed by atoms with E-state index >= 15 is 0 Å². The molecule has 0 unspecified atom stereocenters. The van der Waals surface area contributed by atoms with Gasteiger partial charge >= 0.3 is 6.03 Å². The maximum Gasteiger partial charge on any atom is 0.317 e. The van der Waals surface area contributed by atoms with Gasteiger partial charge in [0.1, 0.15) is 5.76 Å². The van der Waals surface area contributed by atoms with Crippen molar-refractivity contribution in [2.45, 2.75) is 25.8 Å². The molecule has 2 amide bonds. The van der Waals surface area contributed by atoms with Gasteiger partial charge < -0.3 is 19.5 Å². The van der Waals surface area contributed by atoms with Gasteiger partial charge in [-0.25, -0.2) is 4.79 Å². The normalized spacial score (nSPS) is 19.8. The molecule has 3 heterocycles. The molecule has 1 saturated heterocycles. The van der Waals surface area contributed by atoms with Crippen molar-refractivity contribution in [3.8, 4) is 0 Å². The Hall–Kier alpha value is -2.41. The van der Waals surface area contributed by atoms with E-state index in [-0.39, 0.29) is 18.0 Å². The molecule has 7 nitrogen and oxygen atoms in total. The van der Waals surface area contributed by atoms with Crippen molar-refractivity contribution in [1.82, 2.24) is 20.4 Å². The smallest absolute Gasteiger partial charge is 0.317 e. The summed E-state index contributed by atoms with van der Waals surface area (Å²) in [5.74, 6) is 1.02. The number of likely N-dealkylation sites (N-methyl/N-ethyl adjacent to an activating group) is 1. The lowest BCUT2D eigenvalue weighted by Gasteiger charge is -2.23. The third kappa shape index (κ3) is 4.79. The Bertz CT molecular complexity index is 689. The third-order valence-electron chi connectivity index (χ3n) is 4.42. The molecule has 0 saturated carbocycles. The largest absolute Gasteiger partial charge is 0.379 e. The number of nitrogens with zero attached hydrogens (tertiary/aromatic N) is 3. The van der Waals surface area contributed by atoms with E-state index in [0.29, 0.717) is 26.2 Å². The second kappa shape index (κ2) is 8.11. The van der Waals surface area contributed by atoms with E-state index in [0.717, 1.165) is 23.6 Å². The molecule has 0 radical (unpaired) electrons. The molecule has 1 aliphatic heterocycles. The maximum absolute atomic E-state index is 12.4. The summed E-state index contributed by atoms with van der Waals surface area (Å²) in [6.45, 7) is 3.65. The van der Waals surface area contributed by atoms with E-state index in [1.165, 1.54) is 0 Å². The van der Waals surface area contributed by atoms with Gasteiger partial charge in [-0.3, -0.25) is 4.98 Å². The molecule has 1 N–H and O–H groups in total. The molecule has 0 aliphatic carbocycles. The van der Waals surface area contributed by atoms with Gasteiger partial charge in [-0.2, -0.15) is 0 Å². The van der Waals surface area contributed by atoms with Crippen molar-refractivity contribution in [1.29, 1.82) is 0 Å². The number of urea groups is 1. The molecule has 2 atom stereocenters. The first-order valence-electron chi connectivity index (χ1n) is 8.53. The van der Waals surface area contributed by atoms with Crippen LogP contribution in [-0.2, 0) is 17.6 Å². The van der Waals surface area contributed by atoms with Crippen molar-refractivity contribution in [2.24, 2.45) is 5.92 Å². The summed E-state index contributed by atoms with van der Waals surface area (Å²) < 4.78 is 10.8. The first-order valence-corrected chi connectivity index (χ1v) is 8.53. The lowest BCUT2D eigenvalue weighted by Crippen LogP contribution is -2.47. The van der Waals surface area contributed by atoms with Gasteiger partial charge in [0.2, 0.25) is 0 Å². The SMILES string of the molecule is Cc1cc(C[C@@H]2COC[C@@H]2NC(=O)N(C)CCc2ccccn2)on1. The number of rotatable bonds is 6. The third-order valence-corrected chi connectivity index (χ3v) is 4.42. The van der Waals surface area contributed by atoms with Gasteiger partial charge in [0.05, 0.1) is 24.9 Å². The standard InChI is InChI=1S/C18H24N4O3/c1-13-9-16(25-21-13)10-14-11-24-12-17(14)20-18(23)22(2)8-6-15-5-3-4-7-19-15/h3-5,7,9,14,17H,6,8,10-12H2,1-2H3,(H,20,23)/t14-,17+/m1/s1. The summed E-state index contributed by atoms with van der Waals surface area (Å²) >= 11 is 0. The molecule has 1 aliphatic rings. The number of ether oxygens (including phenoxy) is 1. The number of aromatic nitrogens is 2. The lowest BCUT2D eigenvalue weighted by atomic mass is 9.98. The molecule has 7 heteroatoms. The monoisotopic (exact) mass is 344 g/mol. The minimum Gasteiger partial charge on any atom is -0.379 e. The van der Waals surface area contributed by atoms with Gasteiger partial charge in [-0.1, -0.05) is 11.2 Å². The quantitative estimate of drug-likeness (QED) is 0.864. The van der Waals surface area contributed by atoms with Gasteiger partial charge in [0.15, 0.2) is 0 Å². The molecule has 2 aromatic heterocycles. The molecule has 1 fully saturated rings. The molecule has 134 valence electrons. The Balaban J connectivity index is 1.48. The summed E-state index contributed by atoms with van der Waals surface area (Å²) in [5, 5.41) is 6.98. The molecule has 25 heavy (non-hydrogen) atoms. The van der Waals surface area contributed by atoms with Crippen LogP contribution in [0.4, 0.5) is 4.79 Å². The van der Waals surface area contributed by atoms with Gasteiger partial charge in [0, 0.05) is 50.3 Å². The molecule has 0 bridgehead atoms. The van der Waals surface area contributed by atoms with Crippen LogP contribution < -0.4 is 5.32 Å². The van der Waals surface area contributed by atoms with E-state index in [9.17, 15) is 4.79 Å². The highest BCUT2D eigenvalue weighted by atomic mass is 16.5. The summed E-state index contributed by atoms with van der Waals surface area (Å²) in [5.41, 5.74) is 1.84. The van der Waals surface area contributed by atoms with Crippen LogP contribution in [0.5, 0.6) is 0 Å². The van der Waals surface area contributed by atoms with E-state index < -0.39 is 0 Å². The highest BCUT2D eigenvalue weighted by molar-refractivity contribution is 5.74. The number of pyridine rings is 1. The number of carbonyl (C=O) groups is 1. The van der Waals surface area contributed by atoms with Crippen LogP contribution in [0, 0.1) is 12.8 Å². The van der Waals surface area contributed by atoms with Crippen molar-refractivity contribution in [3.05, 3.63) is 47.6 Å². The summed E-state index contributed by atoms with van der Waals surface area (Å²) in [6, 6.07) is 7.62. The first kappa shape index (κ1) is 17.4. The van der Waals surface area contributed by atoms with Crippen molar-refractivity contribution in [3.63, 3.8) is 0 Å². The fourth-order valence-electron chi connectivity index (χ4n) is 2.93. The Morgan fingerprint density at radius 2 is 2.28 bits per heavy atom. The number of carbonyl (C=O) groups excluding carboxylic acids is 1. The number of nitrogens with one attached hydrogen (secondary N) is 1. The zero-order valence-corrected chi connectivity index (χ0v) is 14.6. The number of hydrogen-bond acceptors (Lipinski definition) is 5. The predicted molar refractivity (Wildman–Crippen MR) is 92.1 cm³/mol. The van der Waals surface area contributed by atoms with Crippen LogP contribution in [0.25, 0.3) is 0 Å². The second-order valence-corrected chi connectivity index (χ2v) is 6.48. The van der Waals surface area contributed by atoms with Gasteiger partial charge in [-0.05, 0) is 19.1 Å². The Morgan fingerprint density at radius 1 is 1.40 bits per heavy atom. The molecule has 2 aromatic rings. The van der Waals surface area contributed by atoms with Crippen molar-refractivity contribution in [2.75, 3.05) is 26.8 Å². The maximum atomic E-state index is 12.4. The van der Waals surface area contributed by atoms with E-state index in [1.54, 1.807) is 18.1 Å². The minimum atomic E-state index is -0.0924. The molecule has 0 spiro atoms. The summed E-state index contributed by atoms with van der Waals surface area (Å²) in [4.78, 5) is 18.4. The van der Waals surface area contributed by atoms with Gasteiger partial charge in [0.25, 0.3) is 0 Å². The van der Waals surface area contributed by atoms with E-state index in [4.69, 9.17) is 9.26 Å². The fraction of sp³-hybridized carbons (Fsp3) is 0.500. The molecule has 0 aromatic carbocycles. The molecular formula is C18H24N4O3. The zero-order valence-electron chi connectivity index (χ0n) is 14.6. The van der Waals surface area contributed by atoms with E-state index in [1.807, 2.05) is 31.2 Å². The zero-order chi connectivity index (χ0) is 17.6. The summed E-state index contributed by atoms with van der Waals surface area (Å²) in [7, 11) is 1.79. The highest BCUT2D eigenvalue weighted by Crippen LogP contribution is 2.20. The van der Waals surface area contributed by atoms with Crippen LogP contribution in [-0.4, -0.2) is 53.9 Å². The number of aryl methyl sites for hydroxylation is 1. The Labute approximate surface area is 147 Å². The average molecular weight is 344 g/mol. The second-order valence-electron chi connectivity index (χ2n) is 6.48. The number of hydrogen-bond donors (Lipinski definition) is 1. The Kier molecular flexibility index (Phi) is 5.65.